The summed E-state index contributed by atoms with van der Waals surface area (Å²) in [5, 5.41) is 5.39. The standard InChI is InChI=1S/C24H25Cl2F3N2O4/c1-13(2)20(22(33)24(27,28)29)31-23(34)21(15-5-4-6-16(12-15)35-3)30-19(32)10-8-14-7-9-17(25)18(26)11-14/h4-7,9,11-13,20-21H,8,10H2,1-3H3,(H,30,32)(H,31,34)/t20-,21?/m0/s1. The van der Waals surface area contributed by atoms with Gasteiger partial charge in [0.1, 0.15) is 11.8 Å². The Morgan fingerprint density at radius 3 is 2.26 bits per heavy atom. The lowest BCUT2D eigenvalue weighted by Gasteiger charge is -2.26. The second-order valence-electron chi connectivity index (χ2n) is 8.12. The van der Waals surface area contributed by atoms with Crippen molar-refractivity contribution in [1.82, 2.24) is 10.6 Å². The average Bonchev–Trinajstić information content (AvgIpc) is 2.80. The smallest absolute Gasteiger partial charge is 0.452 e. The Balaban J connectivity index is 2.25. The molecule has 190 valence electrons. The first kappa shape index (κ1) is 28.5. The lowest BCUT2D eigenvalue weighted by molar-refractivity contribution is -0.175. The molecule has 0 aliphatic heterocycles. The van der Waals surface area contributed by atoms with Gasteiger partial charge in [0.25, 0.3) is 5.78 Å². The number of Topliss-reactive ketones (excluding diaryl/α,β-unsaturated/α-hetero) is 1. The second kappa shape index (κ2) is 12.3. The van der Waals surface area contributed by atoms with Crippen LogP contribution in [0.4, 0.5) is 13.2 Å². The van der Waals surface area contributed by atoms with Crippen LogP contribution in [0.25, 0.3) is 0 Å². The lowest BCUT2D eigenvalue weighted by atomic mass is 9.97. The quantitative estimate of drug-likeness (QED) is 0.447. The van der Waals surface area contributed by atoms with E-state index in [9.17, 15) is 27.6 Å². The molecule has 0 spiro atoms. The molecule has 2 atom stereocenters. The van der Waals surface area contributed by atoms with Crippen molar-refractivity contribution in [2.24, 2.45) is 5.92 Å². The highest BCUT2D eigenvalue weighted by atomic mass is 35.5. The third kappa shape index (κ3) is 8.14. The number of nitrogens with one attached hydrogen (secondary N) is 2. The number of halogens is 5. The monoisotopic (exact) mass is 532 g/mol. The van der Waals surface area contributed by atoms with Gasteiger partial charge in [0.05, 0.1) is 23.2 Å². The number of aryl methyl sites for hydroxylation is 1. The van der Waals surface area contributed by atoms with Gasteiger partial charge in [0, 0.05) is 6.42 Å². The van der Waals surface area contributed by atoms with E-state index >= 15 is 0 Å². The fourth-order valence-corrected chi connectivity index (χ4v) is 3.58. The first-order chi connectivity index (χ1) is 16.3. The zero-order valence-electron chi connectivity index (χ0n) is 19.2. The molecule has 11 heteroatoms. The molecule has 0 heterocycles. The molecule has 2 rings (SSSR count). The summed E-state index contributed by atoms with van der Waals surface area (Å²) in [6.45, 7) is 2.76. The van der Waals surface area contributed by atoms with E-state index in [0.29, 0.717) is 15.8 Å². The van der Waals surface area contributed by atoms with Crippen molar-refractivity contribution in [2.75, 3.05) is 7.11 Å². The molecule has 2 amide bonds. The van der Waals surface area contributed by atoms with Crippen LogP contribution in [0, 0.1) is 5.92 Å². The lowest BCUT2D eigenvalue weighted by Crippen LogP contribution is -2.52. The van der Waals surface area contributed by atoms with E-state index in [2.05, 4.69) is 10.6 Å². The van der Waals surface area contributed by atoms with Gasteiger partial charge in [-0.05, 0) is 47.7 Å². The number of alkyl halides is 3. The summed E-state index contributed by atoms with van der Waals surface area (Å²) in [4.78, 5) is 37.6. The van der Waals surface area contributed by atoms with Crippen LogP contribution in [-0.4, -0.2) is 36.9 Å². The van der Waals surface area contributed by atoms with E-state index < -0.39 is 41.8 Å². The van der Waals surface area contributed by atoms with Crippen LogP contribution >= 0.6 is 23.2 Å². The van der Waals surface area contributed by atoms with Crippen LogP contribution in [0.5, 0.6) is 5.75 Å². The van der Waals surface area contributed by atoms with Crippen molar-refractivity contribution in [3.63, 3.8) is 0 Å². The van der Waals surface area contributed by atoms with Crippen molar-refractivity contribution in [1.29, 1.82) is 0 Å². The van der Waals surface area contributed by atoms with Crippen LogP contribution in [0.1, 0.15) is 37.4 Å². The van der Waals surface area contributed by atoms with Crippen LogP contribution in [0.2, 0.25) is 10.0 Å². The van der Waals surface area contributed by atoms with Gasteiger partial charge < -0.3 is 15.4 Å². The minimum absolute atomic E-state index is 0.0409. The molecular formula is C24H25Cl2F3N2O4. The summed E-state index contributed by atoms with van der Waals surface area (Å²) in [5.41, 5.74) is 0.999. The number of ether oxygens (including phenoxy) is 1. The Morgan fingerprint density at radius 2 is 1.69 bits per heavy atom. The minimum atomic E-state index is -5.13. The first-order valence-electron chi connectivity index (χ1n) is 10.6. The molecule has 0 bridgehead atoms. The second-order valence-corrected chi connectivity index (χ2v) is 8.93. The van der Waals surface area contributed by atoms with E-state index in [1.54, 1.807) is 30.3 Å². The van der Waals surface area contributed by atoms with Crippen LogP contribution in [0.15, 0.2) is 42.5 Å². The van der Waals surface area contributed by atoms with Crippen molar-refractivity contribution in [2.45, 2.75) is 44.9 Å². The van der Waals surface area contributed by atoms with Gasteiger partial charge in [-0.15, -0.1) is 0 Å². The van der Waals surface area contributed by atoms with Gasteiger partial charge >= 0.3 is 6.18 Å². The Morgan fingerprint density at radius 1 is 1.00 bits per heavy atom. The normalized spacial score (nSPS) is 13.2. The van der Waals surface area contributed by atoms with E-state index in [4.69, 9.17) is 27.9 Å². The third-order valence-electron chi connectivity index (χ3n) is 5.15. The molecule has 35 heavy (non-hydrogen) atoms. The topological polar surface area (TPSA) is 84.5 Å². The number of methoxy groups -OCH3 is 1. The van der Waals surface area contributed by atoms with E-state index in [-0.39, 0.29) is 18.4 Å². The van der Waals surface area contributed by atoms with Crippen LogP contribution in [-0.2, 0) is 20.8 Å². The molecule has 2 aromatic carbocycles. The Hall–Kier alpha value is -2.78. The van der Waals surface area contributed by atoms with Gasteiger partial charge in [-0.1, -0.05) is 55.2 Å². The van der Waals surface area contributed by atoms with Crippen molar-refractivity contribution >= 4 is 40.8 Å². The van der Waals surface area contributed by atoms with Gasteiger partial charge in [-0.2, -0.15) is 13.2 Å². The highest BCUT2D eigenvalue weighted by Gasteiger charge is 2.45. The minimum Gasteiger partial charge on any atom is -0.497 e. The molecule has 0 saturated carbocycles. The molecule has 1 unspecified atom stereocenters. The predicted octanol–water partition coefficient (Wildman–Crippen LogP) is 5.06. The first-order valence-corrected chi connectivity index (χ1v) is 11.4. The Kier molecular flexibility index (Phi) is 9.97. The van der Waals surface area contributed by atoms with E-state index in [1.165, 1.54) is 33.1 Å². The number of amides is 2. The third-order valence-corrected chi connectivity index (χ3v) is 5.88. The van der Waals surface area contributed by atoms with Crippen LogP contribution < -0.4 is 15.4 Å². The summed E-state index contributed by atoms with van der Waals surface area (Å²) in [5.74, 6) is -4.04. The summed E-state index contributed by atoms with van der Waals surface area (Å²) in [6.07, 6.45) is -4.89. The maximum absolute atomic E-state index is 13.1. The van der Waals surface area contributed by atoms with E-state index in [0.717, 1.165) is 5.56 Å². The van der Waals surface area contributed by atoms with Crippen molar-refractivity contribution < 1.29 is 32.3 Å². The summed E-state index contributed by atoms with van der Waals surface area (Å²) >= 11 is 11.9. The molecule has 0 aliphatic carbocycles. The molecule has 2 N–H and O–H groups in total. The average molecular weight is 533 g/mol. The van der Waals surface area contributed by atoms with E-state index in [1.807, 2.05) is 0 Å². The van der Waals surface area contributed by atoms with Gasteiger partial charge in [-0.25, -0.2) is 0 Å². The maximum atomic E-state index is 13.1. The van der Waals surface area contributed by atoms with Gasteiger partial charge in [-0.3, -0.25) is 14.4 Å². The molecule has 0 fully saturated rings. The number of benzene rings is 2. The molecular weight excluding hydrogens is 508 g/mol. The maximum Gasteiger partial charge on any atom is 0.452 e. The highest BCUT2D eigenvalue weighted by Crippen LogP contribution is 2.25. The predicted molar refractivity (Wildman–Crippen MR) is 126 cm³/mol. The molecule has 0 saturated heterocycles. The summed E-state index contributed by atoms with van der Waals surface area (Å²) in [7, 11) is 1.40. The zero-order valence-corrected chi connectivity index (χ0v) is 20.7. The van der Waals surface area contributed by atoms with Crippen LogP contribution in [0.3, 0.4) is 0 Å². The number of hydrogen-bond donors (Lipinski definition) is 2. The molecule has 0 radical (unpaired) electrons. The largest absolute Gasteiger partial charge is 0.497 e. The summed E-state index contributed by atoms with van der Waals surface area (Å²) < 4.78 is 44.3. The summed E-state index contributed by atoms with van der Waals surface area (Å²) in [6, 6.07) is 7.88. The zero-order chi connectivity index (χ0) is 26.3. The number of carbonyl (C=O) groups is 3. The molecule has 0 aliphatic rings. The van der Waals surface area contributed by atoms with Crippen molar-refractivity contribution in [3.05, 3.63) is 63.6 Å². The molecule has 0 aromatic heterocycles. The van der Waals surface area contributed by atoms with Gasteiger partial charge in [0.15, 0.2) is 0 Å². The van der Waals surface area contributed by atoms with Gasteiger partial charge in [0.2, 0.25) is 11.8 Å². The van der Waals surface area contributed by atoms with Crippen molar-refractivity contribution in [3.8, 4) is 5.75 Å². The Labute approximate surface area is 211 Å². The fourth-order valence-electron chi connectivity index (χ4n) is 3.26. The SMILES string of the molecule is COc1cccc(C(NC(=O)CCc2ccc(Cl)c(Cl)c2)C(=O)N[C@H](C(=O)C(F)(F)F)C(C)C)c1. The number of hydrogen-bond acceptors (Lipinski definition) is 4. The fraction of sp³-hybridized carbons (Fsp3) is 0.375. The molecule has 2 aromatic rings. The number of rotatable bonds is 10. The number of carbonyl (C=O) groups excluding carboxylic acids is 3. The molecule has 6 nitrogen and oxygen atoms in total. The Bertz CT molecular complexity index is 1080. The number of ketones is 1. The highest BCUT2D eigenvalue weighted by molar-refractivity contribution is 6.42.